The molecule has 0 bridgehead atoms. The fourth-order valence-electron chi connectivity index (χ4n) is 3.73. The lowest BCUT2D eigenvalue weighted by molar-refractivity contribution is 0.214. The summed E-state index contributed by atoms with van der Waals surface area (Å²) in [5.74, 6) is 3.47. The number of aromatic nitrogens is 3. The molecule has 0 aromatic carbocycles. The predicted molar refractivity (Wildman–Crippen MR) is 96.1 cm³/mol. The smallest absolute Gasteiger partial charge is 0.191 e. The highest BCUT2D eigenvalue weighted by Gasteiger charge is 2.24. The summed E-state index contributed by atoms with van der Waals surface area (Å²) in [6.45, 7) is 9.17. The van der Waals surface area contributed by atoms with Crippen molar-refractivity contribution in [3.05, 3.63) is 11.6 Å². The van der Waals surface area contributed by atoms with Crippen LogP contribution < -0.4 is 10.6 Å². The van der Waals surface area contributed by atoms with Crippen LogP contribution in [0.2, 0.25) is 0 Å². The first-order chi connectivity index (χ1) is 11.7. The lowest BCUT2D eigenvalue weighted by Gasteiger charge is -2.29. The molecule has 2 aliphatic rings. The van der Waals surface area contributed by atoms with Crippen LogP contribution in [0, 0.1) is 12.8 Å². The van der Waals surface area contributed by atoms with Crippen LogP contribution >= 0.6 is 0 Å². The van der Waals surface area contributed by atoms with E-state index in [1.165, 1.54) is 19.4 Å². The zero-order valence-electron chi connectivity index (χ0n) is 15.3. The van der Waals surface area contributed by atoms with Gasteiger partial charge in [-0.2, -0.15) is 5.10 Å². The standard InChI is InChI=1S/C17H31N7/c1-4-18-17(19-11-14-7-5-9-23(3)12-14)21-15-8-6-10-24-16(15)20-13(2)22-24/h14-15H,4-12H2,1-3H3,(H2,18,19,21). The second-order valence-electron chi connectivity index (χ2n) is 7.07. The van der Waals surface area contributed by atoms with Gasteiger partial charge < -0.3 is 15.5 Å². The zero-order chi connectivity index (χ0) is 16.9. The molecule has 0 spiro atoms. The van der Waals surface area contributed by atoms with Crippen LogP contribution in [0.3, 0.4) is 0 Å². The molecule has 7 nitrogen and oxygen atoms in total. The number of fused-ring (bicyclic) bond motifs is 1. The second-order valence-corrected chi connectivity index (χ2v) is 7.07. The Hall–Kier alpha value is -1.63. The molecule has 24 heavy (non-hydrogen) atoms. The van der Waals surface area contributed by atoms with Gasteiger partial charge in [-0.25, -0.2) is 9.67 Å². The van der Waals surface area contributed by atoms with Crippen LogP contribution in [-0.4, -0.2) is 58.9 Å². The minimum absolute atomic E-state index is 0.201. The molecule has 0 amide bonds. The molecule has 3 rings (SSSR count). The number of aliphatic imine (C=N–C) groups is 1. The molecular weight excluding hydrogens is 302 g/mol. The molecule has 0 aliphatic carbocycles. The maximum Gasteiger partial charge on any atom is 0.191 e. The summed E-state index contributed by atoms with van der Waals surface area (Å²) >= 11 is 0. The van der Waals surface area contributed by atoms with Crippen molar-refractivity contribution in [3.63, 3.8) is 0 Å². The maximum absolute atomic E-state index is 4.86. The van der Waals surface area contributed by atoms with E-state index in [2.05, 4.69) is 39.6 Å². The number of nitrogens with zero attached hydrogens (tertiary/aromatic N) is 5. The number of likely N-dealkylation sites (tertiary alicyclic amines) is 1. The molecule has 2 unspecified atom stereocenters. The Kier molecular flexibility index (Phi) is 5.71. The summed E-state index contributed by atoms with van der Waals surface area (Å²) in [5, 5.41) is 11.4. The average molecular weight is 333 g/mol. The van der Waals surface area contributed by atoms with Crippen molar-refractivity contribution in [2.45, 2.75) is 52.1 Å². The molecule has 7 heteroatoms. The Morgan fingerprint density at radius 1 is 1.29 bits per heavy atom. The van der Waals surface area contributed by atoms with E-state index in [9.17, 15) is 0 Å². The molecule has 0 saturated carbocycles. The topological polar surface area (TPSA) is 70.4 Å². The van der Waals surface area contributed by atoms with E-state index in [0.717, 1.165) is 56.6 Å². The lowest BCUT2D eigenvalue weighted by Crippen LogP contribution is -2.42. The van der Waals surface area contributed by atoms with Gasteiger partial charge in [0.25, 0.3) is 0 Å². The Balaban J connectivity index is 1.64. The maximum atomic E-state index is 4.86. The Morgan fingerprint density at radius 2 is 2.12 bits per heavy atom. The van der Waals surface area contributed by atoms with Gasteiger partial charge in [-0.3, -0.25) is 4.99 Å². The van der Waals surface area contributed by atoms with Gasteiger partial charge in [0.15, 0.2) is 5.96 Å². The summed E-state index contributed by atoms with van der Waals surface area (Å²) in [6.07, 6.45) is 4.77. The van der Waals surface area contributed by atoms with Gasteiger partial charge in [-0.15, -0.1) is 0 Å². The first-order valence-corrected chi connectivity index (χ1v) is 9.30. The molecule has 3 heterocycles. The van der Waals surface area contributed by atoms with Gasteiger partial charge in [0.05, 0.1) is 6.04 Å². The van der Waals surface area contributed by atoms with Crippen LogP contribution in [0.4, 0.5) is 0 Å². The predicted octanol–water partition coefficient (Wildman–Crippen LogP) is 1.32. The Bertz CT molecular complexity index is 565. The van der Waals surface area contributed by atoms with E-state index in [1.807, 2.05) is 11.6 Å². The number of hydrogen-bond donors (Lipinski definition) is 2. The van der Waals surface area contributed by atoms with Crippen molar-refractivity contribution >= 4 is 5.96 Å². The quantitative estimate of drug-likeness (QED) is 0.642. The summed E-state index contributed by atoms with van der Waals surface area (Å²) < 4.78 is 2.04. The number of nitrogens with one attached hydrogen (secondary N) is 2. The van der Waals surface area contributed by atoms with Gasteiger partial charge in [-0.1, -0.05) is 0 Å². The highest BCUT2D eigenvalue weighted by atomic mass is 15.4. The van der Waals surface area contributed by atoms with E-state index in [-0.39, 0.29) is 6.04 Å². The summed E-state index contributed by atoms with van der Waals surface area (Å²) in [6, 6.07) is 0.201. The summed E-state index contributed by atoms with van der Waals surface area (Å²) in [5.41, 5.74) is 0. The third kappa shape index (κ3) is 4.26. The Labute approximate surface area is 144 Å². The molecule has 1 saturated heterocycles. The first kappa shape index (κ1) is 17.2. The molecule has 2 aliphatic heterocycles. The monoisotopic (exact) mass is 333 g/mol. The van der Waals surface area contributed by atoms with Crippen molar-refractivity contribution in [1.82, 2.24) is 30.3 Å². The molecule has 1 aromatic rings. The lowest BCUT2D eigenvalue weighted by atomic mass is 9.99. The van der Waals surface area contributed by atoms with Crippen molar-refractivity contribution in [2.75, 3.05) is 33.2 Å². The normalized spacial score (nSPS) is 25.4. The molecule has 134 valence electrons. The van der Waals surface area contributed by atoms with Crippen LogP contribution in [0.15, 0.2) is 4.99 Å². The summed E-state index contributed by atoms with van der Waals surface area (Å²) in [7, 11) is 2.20. The van der Waals surface area contributed by atoms with E-state index in [0.29, 0.717) is 5.92 Å². The van der Waals surface area contributed by atoms with Gasteiger partial charge in [-0.05, 0) is 59.0 Å². The van der Waals surface area contributed by atoms with E-state index < -0.39 is 0 Å². The van der Waals surface area contributed by atoms with Gasteiger partial charge >= 0.3 is 0 Å². The van der Waals surface area contributed by atoms with Gasteiger partial charge in [0.1, 0.15) is 11.6 Å². The van der Waals surface area contributed by atoms with E-state index >= 15 is 0 Å². The Morgan fingerprint density at radius 3 is 2.92 bits per heavy atom. The SMILES string of the molecule is CCNC(=NCC1CCCN(C)C1)NC1CCCn2nc(C)nc21. The highest BCUT2D eigenvalue weighted by molar-refractivity contribution is 5.80. The van der Waals surface area contributed by atoms with Gasteiger partial charge in [0, 0.05) is 26.2 Å². The van der Waals surface area contributed by atoms with Crippen molar-refractivity contribution in [1.29, 1.82) is 0 Å². The largest absolute Gasteiger partial charge is 0.357 e. The minimum Gasteiger partial charge on any atom is -0.357 e. The molecule has 0 radical (unpaired) electrons. The number of aryl methyl sites for hydroxylation is 2. The molecule has 2 N–H and O–H groups in total. The average Bonchev–Trinajstić information content (AvgIpc) is 2.94. The second kappa shape index (κ2) is 7.96. The number of rotatable bonds is 4. The number of piperidine rings is 1. The van der Waals surface area contributed by atoms with E-state index in [1.54, 1.807) is 0 Å². The fourth-order valence-corrected chi connectivity index (χ4v) is 3.73. The van der Waals surface area contributed by atoms with Crippen molar-refractivity contribution < 1.29 is 0 Å². The zero-order valence-corrected chi connectivity index (χ0v) is 15.3. The molecule has 1 fully saturated rings. The van der Waals surface area contributed by atoms with Gasteiger partial charge in [0.2, 0.25) is 0 Å². The van der Waals surface area contributed by atoms with E-state index in [4.69, 9.17) is 4.99 Å². The highest BCUT2D eigenvalue weighted by Crippen LogP contribution is 2.23. The van der Waals surface area contributed by atoms with Crippen LogP contribution in [0.25, 0.3) is 0 Å². The van der Waals surface area contributed by atoms with Crippen molar-refractivity contribution in [2.24, 2.45) is 10.9 Å². The summed E-state index contributed by atoms with van der Waals surface area (Å²) in [4.78, 5) is 11.9. The first-order valence-electron chi connectivity index (χ1n) is 9.30. The third-order valence-electron chi connectivity index (χ3n) is 4.87. The number of hydrogen-bond acceptors (Lipinski definition) is 4. The van der Waals surface area contributed by atoms with Crippen LogP contribution in [-0.2, 0) is 6.54 Å². The molecule has 1 aromatic heterocycles. The molecular formula is C17H31N7. The van der Waals surface area contributed by atoms with Crippen LogP contribution in [0.5, 0.6) is 0 Å². The minimum atomic E-state index is 0.201. The van der Waals surface area contributed by atoms with Crippen LogP contribution in [0.1, 0.15) is 50.3 Å². The fraction of sp³-hybridized carbons (Fsp3) is 0.824. The third-order valence-corrected chi connectivity index (χ3v) is 4.87. The molecule has 2 atom stereocenters. The number of guanidine groups is 1. The van der Waals surface area contributed by atoms with Crippen molar-refractivity contribution in [3.8, 4) is 0 Å².